The van der Waals surface area contributed by atoms with Gasteiger partial charge in [0.25, 0.3) is 0 Å². The van der Waals surface area contributed by atoms with Gasteiger partial charge in [0.1, 0.15) is 23.9 Å². The second-order valence-electron chi connectivity index (χ2n) is 4.91. The number of hydrogen-bond acceptors (Lipinski definition) is 5. The molecule has 3 N–H and O–H groups in total. The van der Waals surface area contributed by atoms with Gasteiger partial charge in [0.05, 0.1) is 12.0 Å². The average Bonchev–Trinajstić information content (AvgIpc) is 2.52. The van der Waals surface area contributed by atoms with Crippen molar-refractivity contribution < 1.29 is 29.6 Å². The third-order valence-corrected chi connectivity index (χ3v) is 3.23. The van der Waals surface area contributed by atoms with Crippen LogP contribution in [0.1, 0.15) is 28.8 Å². The molecule has 0 spiro atoms. The van der Waals surface area contributed by atoms with E-state index in [-0.39, 0.29) is 42.3 Å². The van der Waals surface area contributed by atoms with E-state index in [9.17, 15) is 19.8 Å². The van der Waals surface area contributed by atoms with Crippen LogP contribution in [0.15, 0.2) is 42.5 Å². The van der Waals surface area contributed by atoms with Crippen molar-refractivity contribution >= 4 is 11.8 Å². The number of aliphatic carboxylic acids is 1. The van der Waals surface area contributed by atoms with Crippen molar-refractivity contribution in [1.29, 1.82) is 0 Å². The van der Waals surface area contributed by atoms with Gasteiger partial charge in [0.2, 0.25) is 0 Å². The highest BCUT2D eigenvalue weighted by atomic mass is 16.5. The van der Waals surface area contributed by atoms with Crippen molar-refractivity contribution in [3.63, 3.8) is 0 Å². The highest BCUT2D eigenvalue weighted by Gasteiger charge is 2.11. The average molecular weight is 316 g/mol. The van der Waals surface area contributed by atoms with Crippen molar-refractivity contribution in [3.8, 4) is 17.2 Å². The van der Waals surface area contributed by atoms with Gasteiger partial charge >= 0.3 is 5.97 Å². The fourth-order valence-electron chi connectivity index (χ4n) is 1.99. The van der Waals surface area contributed by atoms with Gasteiger partial charge in [0, 0.05) is 12.0 Å². The van der Waals surface area contributed by atoms with Crippen LogP contribution in [0.4, 0.5) is 0 Å². The summed E-state index contributed by atoms with van der Waals surface area (Å²) in [5.41, 5.74) is 0.598. The molecular formula is C17H16O6. The summed E-state index contributed by atoms with van der Waals surface area (Å²) in [6, 6.07) is 10.7. The van der Waals surface area contributed by atoms with Crippen molar-refractivity contribution in [3.05, 3.63) is 53.6 Å². The number of phenolic OH excluding ortho intramolecular Hbond substituents is 2. The summed E-state index contributed by atoms with van der Waals surface area (Å²) in [7, 11) is 0. The summed E-state index contributed by atoms with van der Waals surface area (Å²) < 4.78 is 5.48. The maximum Gasteiger partial charge on any atom is 0.303 e. The first kappa shape index (κ1) is 16.4. The standard InChI is InChI=1S/C17H16O6/c18-14(7-8-17(21)22)11-3-1-4-12(9-11)23-10-13-15(19)5-2-6-16(13)20/h1-6,9,19-20H,7-8,10H2,(H,21,22). The monoisotopic (exact) mass is 316 g/mol. The van der Waals surface area contributed by atoms with Crippen molar-refractivity contribution in [2.24, 2.45) is 0 Å². The van der Waals surface area contributed by atoms with Crippen LogP contribution in [0.25, 0.3) is 0 Å². The normalized spacial score (nSPS) is 10.3. The SMILES string of the molecule is O=C(O)CCC(=O)c1cccc(OCc2c(O)cccc2O)c1. The van der Waals surface area contributed by atoms with Crippen molar-refractivity contribution in [1.82, 2.24) is 0 Å². The smallest absolute Gasteiger partial charge is 0.303 e. The van der Waals surface area contributed by atoms with Gasteiger partial charge in [-0.1, -0.05) is 18.2 Å². The lowest BCUT2D eigenvalue weighted by atomic mass is 10.1. The molecule has 0 aliphatic heterocycles. The molecule has 6 nitrogen and oxygen atoms in total. The van der Waals surface area contributed by atoms with E-state index in [0.717, 1.165) is 0 Å². The van der Waals surface area contributed by atoms with Crippen LogP contribution in [0.2, 0.25) is 0 Å². The zero-order chi connectivity index (χ0) is 16.8. The number of phenols is 2. The van der Waals surface area contributed by atoms with Gasteiger partial charge in [-0.15, -0.1) is 0 Å². The van der Waals surface area contributed by atoms with E-state index in [2.05, 4.69) is 0 Å². The van der Waals surface area contributed by atoms with Crippen LogP contribution in [0, 0.1) is 0 Å². The Hall–Kier alpha value is -3.02. The van der Waals surface area contributed by atoms with Crippen LogP contribution in [0.5, 0.6) is 17.2 Å². The van der Waals surface area contributed by atoms with E-state index in [1.165, 1.54) is 24.3 Å². The highest BCUT2D eigenvalue weighted by Crippen LogP contribution is 2.27. The Labute approximate surface area is 132 Å². The van der Waals surface area contributed by atoms with Gasteiger partial charge in [-0.25, -0.2) is 0 Å². The van der Waals surface area contributed by atoms with Crippen LogP contribution >= 0.6 is 0 Å². The summed E-state index contributed by atoms with van der Waals surface area (Å²) in [6.07, 6.45) is -0.311. The number of carbonyl (C=O) groups is 2. The Balaban J connectivity index is 2.05. The molecule has 120 valence electrons. The van der Waals surface area contributed by atoms with Gasteiger partial charge < -0.3 is 20.1 Å². The van der Waals surface area contributed by atoms with E-state index in [1.54, 1.807) is 18.2 Å². The quantitative estimate of drug-likeness (QED) is 0.678. The maximum absolute atomic E-state index is 11.9. The van der Waals surface area contributed by atoms with Crippen LogP contribution in [-0.2, 0) is 11.4 Å². The Bertz CT molecular complexity index is 703. The molecule has 0 fully saturated rings. The van der Waals surface area contributed by atoms with E-state index in [1.807, 2.05) is 0 Å². The zero-order valence-electron chi connectivity index (χ0n) is 12.2. The Morgan fingerprint density at radius 1 is 0.957 bits per heavy atom. The molecule has 0 radical (unpaired) electrons. The number of hydrogen-bond donors (Lipinski definition) is 3. The number of ketones is 1. The lowest BCUT2D eigenvalue weighted by Gasteiger charge is -2.10. The van der Waals surface area contributed by atoms with Crippen LogP contribution in [-0.4, -0.2) is 27.1 Å². The topological polar surface area (TPSA) is 104 Å². The molecule has 0 amide bonds. The number of carboxylic acids is 1. The van der Waals surface area contributed by atoms with Crippen LogP contribution < -0.4 is 4.74 Å². The third kappa shape index (κ3) is 4.47. The van der Waals surface area contributed by atoms with E-state index < -0.39 is 5.97 Å². The first-order valence-corrected chi connectivity index (χ1v) is 6.95. The van der Waals surface area contributed by atoms with Crippen LogP contribution in [0.3, 0.4) is 0 Å². The molecule has 0 aromatic heterocycles. The summed E-state index contributed by atoms with van der Waals surface area (Å²) >= 11 is 0. The lowest BCUT2D eigenvalue weighted by Crippen LogP contribution is -2.04. The molecular weight excluding hydrogens is 300 g/mol. The largest absolute Gasteiger partial charge is 0.507 e. The summed E-state index contributed by atoms with van der Waals surface area (Å²) in [4.78, 5) is 22.4. The molecule has 0 atom stereocenters. The first-order chi connectivity index (χ1) is 11.0. The zero-order valence-corrected chi connectivity index (χ0v) is 12.2. The molecule has 0 bridgehead atoms. The molecule has 0 saturated carbocycles. The van der Waals surface area contributed by atoms with Gasteiger partial charge in [-0.2, -0.15) is 0 Å². The summed E-state index contributed by atoms with van der Waals surface area (Å²) in [5.74, 6) is -1.10. The molecule has 2 aromatic rings. The molecule has 6 heteroatoms. The minimum atomic E-state index is -1.03. The molecule has 0 unspecified atom stereocenters. The molecule has 2 rings (SSSR count). The predicted octanol–water partition coefficient (Wildman–Crippen LogP) is 2.72. The number of rotatable bonds is 7. The molecule has 0 aliphatic carbocycles. The number of carbonyl (C=O) groups excluding carboxylic acids is 1. The Morgan fingerprint density at radius 3 is 2.26 bits per heavy atom. The molecule has 23 heavy (non-hydrogen) atoms. The molecule has 2 aromatic carbocycles. The minimum absolute atomic E-state index is 0.0642. The second kappa shape index (κ2) is 7.31. The number of benzene rings is 2. The van der Waals surface area contributed by atoms with Gasteiger partial charge in [0.15, 0.2) is 5.78 Å². The summed E-state index contributed by atoms with van der Waals surface area (Å²) in [5, 5.41) is 28.0. The number of aromatic hydroxyl groups is 2. The lowest BCUT2D eigenvalue weighted by molar-refractivity contribution is -0.136. The van der Waals surface area contributed by atoms with Crippen molar-refractivity contribution in [2.45, 2.75) is 19.4 Å². The van der Waals surface area contributed by atoms with E-state index >= 15 is 0 Å². The number of Topliss-reactive ketones (excluding diaryl/α,β-unsaturated/α-hetero) is 1. The number of carboxylic acid groups (broad SMARTS) is 1. The molecule has 0 saturated heterocycles. The van der Waals surface area contributed by atoms with E-state index in [4.69, 9.17) is 9.84 Å². The van der Waals surface area contributed by atoms with Gasteiger partial charge in [-0.05, 0) is 24.3 Å². The first-order valence-electron chi connectivity index (χ1n) is 6.95. The molecule has 0 heterocycles. The fraction of sp³-hybridized carbons (Fsp3) is 0.176. The molecule has 0 aliphatic rings. The van der Waals surface area contributed by atoms with E-state index in [0.29, 0.717) is 11.3 Å². The highest BCUT2D eigenvalue weighted by molar-refractivity contribution is 5.97. The Morgan fingerprint density at radius 2 is 1.61 bits per heavy atom. The minimum Gasteiger partial charge on any atom is -0.507 e. The number of ether oxygens (including phenoxy) is 1. The van der Waals surface area contributed by atoms with Crippen molar-refractivity contribution in [2.75, 3.05) is 0 Å². The third-order valence-electron chi connectivity index (χ3n) is 3.23. The maximum atomic E-state index is 11.9. The predicted molar refractivity (Wildman–Crippen MR) is 81.7 cm³/mol. The Kier molecular flexibility index (Phi) is 5.19. The van der Waals surface area contributed by atoms with Gasteiger partial charge in [-0.3, -0.25) is 9.59 Å². The second-order valence-corrected chi connectivity index (χ2v) is 4.91. The summed E-state index contributed by atoms with van der Waals surface area (Å²) in [6.45, 7) is -0.0642. The fourth-order valence-corrected chi connectivity index (χ4v) is 1.99.